The van der Waals surface area contributed by atoms with Crippen molar-refractivity contribution in [2.45, 2.75) is 58.9 Å². The smallest absolute Gasteiger partial charge is 0.248 e. The molecule has 1 nitrogen and oxygen atoms in total. The molecule has 1 aromatic carbocycles. The molecule has 1 aliphatic carbocycles. The zero-order valence-corrected chi connectivity index (χ0v) is 14.3. The Hall–Kier alpha value is -0.960. The first-order valence-electron chi connectivity index (χ1n) is 8.51. The highest BCUT2D eigenvalue weighted by Crippen LogP contribution is 2.50. The van der Waals surface area contributed by atoms with E-state index in [1.54, 1.807) is 0 Å². The molecule has 0 bridgehead atoms. The lowest BCUT2D eigenvalue weighted by Gasteiger charge is -2.45. The van der Waals surface area contributed by atoms with Crippen molar-refractivity contribution in [1.29, 1.82) is 0 Å². The van der Waals surface area contributed by atoms with E-state index in [1.807, 2.05) is 0 Å². The van der Waals surface area contributed by atoms with Crippen LogP contribution in [0.4, 0.5) is 8.78 Å². The van der Waals surface area contributed by atoms with E-state index >= 15 is 0 Å². The standard InChI is InChI=1S/C19H29F2N/c1-5-10-22(13-14(2)3)18(17-11-19(20,21)12-17)16-8-6-15(4)7-9-16/h6-9,14,17-18H,5,10-13H2,1-4H3. The highest BCUT2D eigenvalue weighted by Gasteiger charge is 2.49. The maximum Gasteiger partial charge on any atom is 0.248 e. The number of benzene rings is 1. The van der Waals surface area contributed by atoms with Crippen LogP contribution in [0.25, 0.3) is 0 Å². The first-order valence-corrected chi connectivity index (χ1v) is 8.51. The fourth-order valence-corrected chi connectivity index (χ4v) is 3.58. The Labute approximate surface area is 133 Å². The Morgan fingerprint density at radius 2 is 1.77 bits per heavy atom. The molecule has 0 N–H and O–H groups in total. The minimum atomic E-state index is -2.46. The molecule has 1 aromatic rings. The lowest BCUT2D eigenvalue weighted by atomic mass is 9.73. The number of nitrogens with zero attached hydrogens (tertiary/aromatic N) is 1. The summed E-state index contributed by atoms with van der Waals surface area (Å²) in [4.78, 5) is 2.43. The number of alkyl halides is 2. The molecule has 1 fully saturated rings. The lowest BCUT2D eigenvalue weighted by Crippen LogP contribution is -2.46. The topological polar surface area (TPSA) is 3.24 Å². The summed E-state index contributed by atoms with van der Waals surface area (Å²) in [5, 5.41) is 0. The van der Waals surface area contributed by atoms with Crippen molar-refractivity contribution < 1.29 is 8.78 Å². The van der Waals surface area contributed by atoms with Crippen LogP contribution in [0.5, 0.6) is 0 Å². The van der Waals surface area contributed by atoms with E-state index in [0.717, 1.165) is 19.5 Å². The summed E-state index contributed by atoms with van der Waals surface area (Å²) in [7, 11) is 0. The third kappa shape index (κ3) is 4.28. The van der Waals surface area contributed by atoms with Crippen molar-refractivity contribution in [1.82, 2.24) is 4.90 Å². The molecule has 124 valence electrons. The molecule has 22 heavy (non-hydrogen) atoms. The van der Waals surface area contributed by atoms with E-state index in [0.29, 0.717) is 5.92 Å². The molecule has 0 heterocycles. The van der Waals surface area contributed by atoms with Gasteiger partial charge in [-0.25, -0.2) is 8.78 Å². The predicted octanol–water partition coefficient (Wildman–Crippen LogP) is 5.45. The molecule has 0 saturated heterocycles. The SMILES string of the molecule is CCCN(CC(C)C)C(c1ccc(C)cc1)C1CC(F)(F)C1. The van der Waals surface area contributed by atoms with Gasteiger partial charge in [-0.1, -0.05) is 50.6 Å². The number of rotatable bonds is 7. The van der Waals surface area contributed by atoms with E-state index in [2.05, 4.69) is 56.9 Å². The number of hydrogen-bond donors (Lipinski definition) is 0. The van der Waals surface area contributed by atoms with Gasteiger partial charge in [0.2, 0.25) is 5.92 Å². The Bertz CT molecular complexity index is 459. The zero-order chi connectivity index (χ0) is 16.3. The Morgan fingerprint density at radius 3 is 2.23 bits per heavy atom. The van der Waals surface area contributed by atoms with Crippen LogP contribution in [-0.4, -0.2) is 23.9 Å². The Kier molecular flexibility index (Phi) is 5.60. The summed E-state index contributed by atoms with van der Waals surface area (Å²) in [5.74, 6) is -1.84. The normalized spacial score (nSPS) is 19.5. The zero-order valence-electron chi connectivity index (χ0n) is 14.3. The summed E-state index contributed by atoms with van der Waals surface area (Å²) in [6, 6.07) is 8.57. The molecule has 1 saturated carbocycles. The second-order valence-electron chi connectivity index (χ2n) is 7.27. The molecule has 2 rings (SSSR count). The van der Waals surface area contributed by atoms with Crippen LogP contribution in [0.3, 0.4) is 0 Å². The van der Waals surface area contributed by atoms with Crippen molar-refractivity contribution in [3.63, 3.8) is 0 Å². The second kappa shape index (κ2) is 7.08. The molecule has 1 atom stereocenters. The van der Waals surface area contributed by atoms with Gasteiger partial charge in [0.05, 0.1) is 0 Å². The van der Waals surface area contributed by atoms with Crippen LogP contribution in [0.15, 0.2) is 24.3 Å². The van der Waals surface area contributed by atoms with Crippen LogP contribution in [0.1, 0.15) is 57.2 Å². The van der Waals surface area contributed by atoms with Crippen LogP contribution in [-0.2, 0) is 0 Å². The van der Waals surface area contributed by atoms with Gasteiger partial charge in [0.25, 0.3) is 0 Å². The fraction of sp³-hybridized carbons (Fsp3) is 0.684. The second-order valence-corrected chi connectivity index (χ2v) is 7.27. The van der Waals surface area contributed by atoms with Gasteiger partial charge >= 0.3 is 0 Å². The van der Waals surface area contributed by atoms with Gasteiger partial charge in [-0.3, -0.25) is 4.90 Å². The average Bonchev–Trinajstić information content (AvgIpc) is 2.38. The van der Waals surface area contributed by atoms with Crippen molar-refractivity contribution in [3.8, 4) is 0 Å². The first kappa shape index (κ1) is 17.4. The Balaban J connectivity index is 2.25. The molecular formula is C19H29F2N. The maximum atomic E-state index is 13.4. The summed E-state index contributed by atoms with van der Waals surface area (Å²) in [6.07, 6.45) is 1.12. The van der Waals surface area contributed by atoms with Gasteiger partial charge in [0.1, 0.15) is 0 Å². The van der Waals surface area contributed by atoms with Gasteiger partial charge in [-0.2, -0.15) is 0 Å². The van der Waals surface area contributed by atoms with Crippen LogP contribution < -0.4 is 0 Å². The minimum Gasteiger partial charge on any atom is -0.296 e. The molecule has 0 aliphatic heterocycles. The van der Waals surface area contributed by atoms with E-state index in [9.17, 15) is 8.78 Å². The van der Waals surface area contributed by atoms with Crippen LogP contribution >= 0.6 is 0 Å². The molecule has 1 aliphatic rings. The first-order chi connectivity index (χ1) is 10.3. The average molecular weight is 309 g/mol. The van der Waals surface area contributed by atoms with Crippen molar-refractivity contribution in [2.75, 3.05) is 13.1 Å². The van der Waals surface area contributed by atoms with E-state index < -0.39 is 5.92 Å². The quantitative estimate of drug-likeness (QED) is 0.647. The third-order valence-corrected chi connectivity index (χ3v) is 4.49. The van der Waals surface area contributed by atoms with Gasteiger partial charge in [-0.15, -0.1) is 0 Å². The van der Waals surface area contributed by atoms with E-state index in [1.165, 1.54) is 11.1 Å². The van der Waals surface area contributed by atoms with Crippen molar-refractivity contribution >= 4 is 0 Å². The number of aryl methyl sites for hydroxylation is 1. The minimum absolute atomic E-state index is 0.0316. The summed E-state index contributed by atoms with van der Waals surface area (Å²) >= 11 is 0. The Morgan fingerprint density at radius 1 is 1.18 bits per heavy atom. The van der Waals surface area contributed by atoms with Crippen LogP contribution in [0, 0.1) is 18.8 Å². The maximum absolute atomic E-state index is 13.4. The van der Waals surface area contributed by atoms with Gasteiger partial charge < -0.3 is 0 Å². The largest absolute Gasteiger partial charge is 0.296 e. The molecule has 1 unspecified atom stereocenters. The monoisotopic (exact) mass is 309 g/mol. The highest BCUT2D eigenvalue weighted by atomic mass is 19.3. The molecule has 0 amide bonds. The molecule has 0 radical (unpaired) electrons. The summed E-state index contributed by atoms with van der Waals surface area (Å²) < 4.78 is 26.8. The number of halogens is 2. The van der Waals surface area contributed by atoms with Crippen LogP contribution in [0.2, 0.25) is 0 Å². The fourth-order valence-electron chi connectivity index (χ4n) is 3.58. The molecular weight excluding hydrogens is 280 g/mol. The lowest BCUT2D eigenvalue weighted by molar-refractivity contribution is -0.133. The van der Waals surface area contributed by atoms with Crippen molar-refractivity contribution in [3.05, 3.63) is 35.4 Å². The van der Waals surface area contributed by atoms with Gasteiger partial charge in [0.15, 0.2) is 0 Å². The van der Waals surface area contributed by atoms with Gasteiger partial charge in [-0.05, 0) is 37.3 Å². The molecule has 0 aromatic heterocycles. The summed E-state index contributed by atoms with van der Waals surface area (Å²) in [6.45, 7) is 10.6. The summed E-state index contributed by atoms with van der Waals surface area (Å²) in [5.41, 5.74) is 2.41. The molecule has 3 heteroatoms. The third-order valence-electron chi connectivity index (χ3n) is 4.49. The highest BCUT2D eigenvalue weighted by molar-refractivity contribution is 5.25. The van der Waals surface area contributed by atoms with Gasteiger partial charge in [0, 0.05) is 25.4 Å². The predicted molar refractivity (Wildman–Crippen MR) is 88.3 cm³/mol. The number of hydrogen-bond acceptors (Lipinski definition) is 1. The van der Waals surface area contributed by atoms with E-state index in [-0.39, 0.29) is 24.8 Å². The van der Waals surface area contributed by atoms with E-state index in [4.69, 9.17) is 0 Å². The molecule has 0 spiro atoms. The van der Waals surface area contributed by atoms with Crippen molar-refractivity contribution in [2.24, 2.45) is 11.8 Å².